The Morgan fingerprint density at radius 3 is 2.77 bits per heavy atom. The summed E-state index contributed by atoms with van der Waals surface area (Å²) in [6.45, 7) is 7.20. The Kier molecular flexibility index (Phi) is 5.76. The van der Waals surface area contributed by atoms with Crippen molar-refractivity contribution in [3.05, 3.63) is 65.7 Å². The van der Waals surface area contributed by atoms with E-state index in [1.165, 1.54) is 23.1 Å². The van der Waals surface area contributed by atoms with Gasteiger partial charge < -0.3 is 15.2 Å². The molecule has 0 aliphatic carbocycles. The van der Waals surface area contributed by atoms with E-state index in [1.54, 1.807) is 0 Å². The molecular weight excluding hydrogens is 388 g/mol. The molecule has 2 aromatic carbocycles. The van der Waals surface area contributed by atoms with Gasteiger partial charge in [-0.1, -0.05) is 37.3 Å². The first kappa shape index (κ1) is 20.2. The summed E-state index contributed by atoms with van der Waals surface area (Å²) in [7, 11) is 0. The van der Waals surface area contributed by atoms with Crippen LogP contribution in [0.3, 0.4) is 0 Å². The average Bonchev–Trinajstić information content (AvgIpc) is 3.48. The van der Waals surface area contributed by atoms with Crippen molar-refractivity contribution in [3.63, 3.8) is 0 Å². The molecule has 6 nitrogen and oxygen atoms in total. The van der Waals surface area contributed by atoms with E-state index in [1.807, 2.05) is 0 Å². The number of hydrogen-bond donors (Lipinski definition) is 2. The molecule has 0 spiro atoms. The van der Waals surface area contributed by atoms with E-state index in [0.29, 0.717) is 19.1 Å². The van der Waals surface area contributed by atoms with Crippen LogP contribution in [0.2, 0.25) is 0 Å². The zero-order valence-corrected chi connectivity index (χ0v) is 18.1. The lowest BCUT2D eigenvalue weighted by molar-refractivity contribution is 0.195. The van der Waals surface area contributed by atoms with Crippen molar-refractivity contribution < 1.29 is 9.84 Å². The SMILES string of the molecule is CCN(CCO)Cc1cn2c(n1)COc1cc(-c3ccc(C4CCNC4)cc3)ccc1-2. The molecular formula is C25H30N4O2. The van der Waals surface area contributed by atoms with Gasteiger partial charge in [-0.2, -0.15) is 0 Å². The molecule has 2 aliphatic heterocycles. The Morgan fingerprint density at radius 1 is 1.19 bits per heavy atom. The standard InChI is InChI=1S/C25H30N4O2/c1-2-28(11-12-30)15-22-16-29-23-8-7-20(13-24(23)31-17-25(29)27-22)18-3-5-19(6-4-18)21-9-10-26-14-21/h3-8,13,16,21,26,30H,2,9-12,14-15,17H2,1H3. The van der Waals surface area contributed by atoms with Crippen LogP contribution in [0.1, 0.15) is 36.3 Å². The van der Waals surface area contributed by atoms with E-state index in [4.69, 9.17) is 9.72 Å². The van der Waals surface area contributed by atoms with Crippen LogP contribution < -0.4 is 10.1 Å². The molecule has 2 aliphatic rings. The number of aliphatic hydroxyl groups excluding tert-OH is 1. The minimum absolute atomic E-state index is 0.161. The van der Waals surface area contributed by atoms with Crippen molar-refractivity contribution in [1.29, 1.82) is 0 Å². The summed E-state index contributed by atoms with van der Waals surface area (Å²) >= 11 is 0. The lowest BCUT2D eigenvalue weighted by Crippen LogP contribution is -2.26. The predicted octanol–water partition coefficient (Wildman–Crippen LogP) is 3.32. The monoisotopic (exact) mass is 418 g/mol. The molecule has 0 radical (unpaired) electrons. The Hall–Kier alpha value is -2.67. The summed E-state index contributed by atoms with van der Waals surface area (Å²) in [5.74, 6) is 2.45. The summed E-state index contributed by atoms with van der Waals surface area (Å²) in [5.41, 5.74) is 5.82. The Labute approximate surface area is 183 Å². The lowest BCUT2D eigenvalue weighted by atomic mass is 9.95. The minimum atomic E-state index is 0.161. The number of hydrogen-bond acceptors (Lipinski definition) is 5. The van der Waals surface area contributed by atoms with Gasteiger partial charge in [0.2, 0.25) is 0 Å². The topological polar surface area (TPSA) is 62.5 Å². The summed E-state index contributed by atoms with van der Waals surface area (Å²) in [6, 6.07) is 15.4. The van der Waals surface area contributed by atoms with Crippen molar-refractivity contribution in [2.75, 3.05) is 32.8 Å². The van der Waals surface area contributed by atoms with Crippen molar-refractivity contribution in [3.8, 4) is 22.6 Å². The van der Waals surface area contributed by atoms with Gasteiger partial charge in [-0.25, -0.2) is 4.98 Å². The first-order valence-electron chi connectivity index (χ1n) is 11.2. The van der Waals surface area contributed by atoms with Crippen LogP contribution in [0.4, 0.5) is 0 Å². The third-order valence-electron chi connectivity index (χ3n) is 6.43. The Bertz CT molecular complexity index is 1040. The van der Waals surface area contributed by atoms with Gasteiger partial charge in [-0.15, -0.1) is 0 Å². The summed E-state index contributed by atoms with van der Waals surface area (Å²) < 4.78 is 8.20. The molecule has 1 saturated heterocycles. The smallest absolute Gasteiger partial charge is 0.151 e. The van der Waals surface area contributed by atoms with Gasteiger partial charge in [0.05, 0.1) is 18.0 Å². The quantitative estimate of drug-likeness (QED) is 0.616. The predicted molar refractivity (Wildman–Crippen MR) is 122 cm³/mol. The van der Waals surface area contributed by atoms with Crippen LogP contribution in [0.25, 0.3) is 16.8 Å². The third kappa shape index (κ3) is 4.11. The van der Waals surface area contributed by atoms with E-state index in [-0.39, 0.29) is 6.61 Å². The van der Waals surface area contributed by atoms with Crippen molar-refractivity contribution in [1.82, 2.24) is 19.8 Å². The third-order valence-corrected chi connectivity index (χ3v) is 6.43. The number of aliphatic hydroxyl groups is 1. The molecule has 6 heteroatoms. The lowest BCUT2D eigenvalue weighted by Gasteiger charge is -2.20. The van der Waals surface area contributed by atoms with Crippen LogP contribution in [-0.4, -0.2) is 52.3 Å². The van der Waals surface area contributed by atoms with Crippen LogP contribution in [-0.2, 0) is 13.2 Å². The highest BCUT2D eigenvalue weighted by molar-refractivity contribution is 5.69. The molecule has 5 rings (SSSR count). The van der Waals surface area contributed by atoms with Gasteiger partial charge in [0.15, 0.2) is 5.82 Å². The molecule has 1 atom stereocenters. The number of nitrogens with zero attached hydrogens (tertiary/aromatic N) is 3. The summed E-state index contributed by atoms with van der Waals surface area (Å²) in [5, 5.41) is 12.7. The number of rotatable bonds is 7. The second-order valence-electron chi connectivity index (χ2n) is 8.39. The minimum Gasteiger partial charge on any atom is -0.483 e. The average molecular weight is 419 g/mol. The maximum absolute atomic E-state index is 9.24. The van der Waals surface area contributed by atoms with Gasteiger partial charge in [0, 0.05) is 25.8 Å². The molecule has 1 unspecified atom stereocenters. The molecule has 31 heavy (non-hydrogen) atoms. The fraction of sp³-hybridized carbons (Fsp3) is 0.400. The van der Waals surface area contributed by atoms with Crippen LogP contribution in [0.5, 0.6) is 5.75 Å². The number of benzene rings is 2. The molecule has 1 aromatic heterocycles. The van der Waals surface area contributed by atoms with E-state index < -0.39 is 0 Å². The number of fused-ring (bicyclic) bond motifs is 3. The summed E-state index contributed by atoms with van der Waals surface area (Å²) in [6.07, 6.45) is 3.32. The fourth-order valence-corrected chi connectivity index (χ4v) is 4.62. The molecule has 2 N–H and O–H groups in total. The Morgan fingerprint density at radius 2 is 2.03 bits per heavy atom. The molecule has 0 saturated carbocycles. The highest BCUT2D eigenvalue weighted by atomic mass is 16.5. The van der Waals surface area contributed by atoms with Crippen LogP contribution >= 0.6 is 0 Å². The van der Waals surface area contributed by atoms with Crippen LogP contribution in [0, 0.1) is 0 Å². The van der Waals surface area contributed by atoms with Gasteiger partial charge in [0.1, 0.15) is 12.4 Å². The molecule has 162 valence electrons. The van der Waals surface area contributed by atoms with Crippen molar-refractivity contribution in [2.45, 2.75) is 32.4 Å². The largest absolute Gasteiger partial charge is 0.483 e. The van der Waals surface area contributed by atoms with E-state index >= 15 is 0 Å². The molecule has 3 aromatic rings. The zero-order valence-electron chi connectivity index (χ0n) is 18.1. The number of aromatic nitrogens is 2. The molecule has 3 heterocycles. The van der Waals surface area contributed by atoms with Gasteiger partial charge >= 0.3 is 0 Å². The van der Waals surface area contributed by atoms with Crippen molar-refractivity contribution in [2.24, 2.45) is 0 Å². The highest BCUT2D eigenvalue weighted by Crippen LogP contribution is 2.35. The maximum atomic E-state index is 9.24. The Balaban J connectivity index is 1.37. The highest BCUT2D eigenvalue weighted by Gasteiger charge is 2.21. The van der Waals surface area contributed by atoms with Gasteiger partial charge in [0.25, 0.3) is 0 Å². The van der Waals surface area contributed by atoms with Crippen molar-refractivity contribution >= 4 is 0 Å². The van der Waals surface area contributed by atoms with Gasteiger partial charge in [-0.05, 0) is 54.3 Å². The molecule has 0 bridgehead atoms. The number of imidazole rings is 1. The van der Waals surface area contributed by atoms with E-state index in [2.05, 4.69) is 70.4 Å². The second kappa shape index (κ2) is 8.83. The first-order valence-corrected chi connectivity index (χ1v) is 11.2. The molecule has 0 amide bonds. The van der Waals surface area contributed by atoms with E-state index in [9.17, 15) is 5.11 Å². The first-order chi connectivity index (χ1) is 15.2. The second-order valence-corrected chi connectivity index (χ2v) is 8.39. The summed E-state index contributed by atoms with van der Waals surface area (Å²) in [4.78, 5) is 6.94. The van der Waals surface area contributed by atoms with Crippen LogP contribution in [0.15, 0.2) is 48.7 Å². The number of likely N-dealkylation sites (N-methyl/N-ethyl adjacent to an activating group) is 1. The fourth-order valence-electron chi connectivity index (χ4n) is 4.62. The molecule has 1 fully saturated rings. The van der Waals surface area contributed by atoms with E-state index in [0.717, 1.165) is 49.1 Å². The number of nitrogens with one attached hydrogen (secondary N) is 1. The normalized spacial score (nSPS) is 17.5. The maximum Gasteiger partial charge on any atom is 0.151 e. The number of ether oxygens (including phenoxy) is 1. The van der Waals surface area contributed by atoms with Gasteiger partial charge in [-0.3, -0.25) is 9.47 Å². The zero-order chi connectivity index (χ0) is 21.2.